The number of hydrogen-bond acceptors (Lipinski definition) is 4. The Kier molecular flexibility index (Phi) is 10.0. The molecule has 1 heterocycles. The Morgan fingerprint density at radius 2 is 1.88 bits per heavy atom. The van der Waals surface area contributed by atoms with E-state index in [1.165, 1.54) is 7.11 Å². The van der Waals surface area contributed by atoms with Crippen LogP contribution >= 0.6 is 0 Å². The van der Waals surface area contributed by atoms with Crippen molar-refractivity contribution in [1.82, 2.24) is 15.1 Å². The Balaban J connectivity index is 2.65. The summed E-state index contributed by atoms with van der Waals surface area (Å²) < 4.78 is 4.86. The van der Waals surface area contributed by atoms with Crippen LogP contribution in [0.4, 0.5) is 0 Å². The molecule has 0 spiro atoms. The van der Waals surface area contributed by atoms with Crippen molar-refractivity contribution in [3.63, 3.8) is 0 Å². The number of carbonyl (C=O) groups is 1. The maximum Gasteiger partial charge on any atom is 0.308 e. The van der Waals surface area contributed by atoms with Crippen molar-refractivity contribution in [2.24, 2.45) is 16.8 Å². The van der Waals surface area contributed by atoms with Crippen LogP contribution in [0.25, 0.3) is 0 Å². The highest BCUT2D eigenvalue weighted by Crippen LogP contribution is 2.18. The highest BCUT2D eigenvalue weighted by molar-refractivity contribution is 5.80. The lowest BCUT2D eigenvalue weighted by atomic mass is 9.97. The summed E-state index contributed by atoms with van der Waals surface area (Å²) >= 11 is 0. The smallest absolute Gasteiger partial charge is 0.308 e. The molecule has 1 saturated heterocycles. The second-order valence-corrected chi connectivity index (χ2v) is 7.06. The molecule has 1 rings (SSSR count). The first-order valence-electron chi connectivity index (χ1n) is 9.47. The van der Waals surface area contributed by atoms with Gasteiger partial charge in [0.1, 0.15) is 0 Å². The third-order valence-corrected chi connectivity index (χ3v) is 4.98. The van der Waals surface area contributed by atoms with Crippen molar-refractivity contribution >= 4 is 11.9 Å². The number of carbonyl (C=O) groups excluding carboxylic acids is 1. The fourth-order valence-electron chi connectivity index (χ4n) is 3.49. The zero-order chi connectivity index (χ0) is 19.5. The lowest BCUT2D eigenvalue weighted by molar-refractivity contribution is -0.146. The van der Waals surface area contributed by atoms with Gasteiger partial charge in [0.05, 0.1) is 13.0 Å². The van der Waals surface area contributed by atoms with E-state index in [1.54, 1.807) is 0 Å². The van der Waals surface area contributed by atoms with Crippen LogP contribution in [0.15, 0.2) is 30.3 Å². The van der Waals surface area contributed by atoms with Crippen LogP contribution in [0.3, 0.4) is 0 Å². The lowest BCUT2D eigenvalue weighted by Gasteiger charge is -2.36. The van der Waals surface area contributed by atoms with Gasteiger partial charge in [0.25, 0.3) is 0 Å². The van der Waals surface area contributed by atoms with E-state index in [-0.39, 0.29) is 11.9 Å². The van der Waals surface area contributed by atoms with E-state index in [1.807, 2.05) is 19.2 Å². The van der Waals surface area contributed by atoms with Crippen LogP contribution in [0.2, 0.25) is 0 Å². The van der Waals surface area contributed by atoms with E-state index < -0.39 is 0 Å². The summed E-state index contributed by atoms with van der Waals surface area (Å²) in [6.45, 7) is 16.3. The van der Waals surface area contributed by atoms with Crippen molar-refractivity contribution in [2.45, 2.75) is 32.7 Å². The Bertz CT molecular complexity index is 472. The number of nitrogens with zero attached hydrogens (tertiary/aromatic N) is 3. The van der Waals surface area contributed by atoms with Crippen LogP contribution < -0.4 is 5.32 Å². The molecule has 0 aliphatic carbocycles. The SMILES string of the molecule is C=CCN(CC=C)C(CNC(=NC)N1CCC(C(=O)OC)CC1)C(C)C. The third-order valence-electron chi connectivity index (χ3n) is 4.98. The molecule has 1 aliphatic rings. The monoisotopic (exact) mass is 364 g/mol. The Morgan fingerprint density at radius 3 is 2.31 bits per heavy atom. The molecule has 1 N–H and O–H groups in total. The number of guanidine groups is 1. The number of methoxy groups -OCH3 is 1. The molecule has 26 heavy (non-hydrogen) atoms. The normalized spacial score (nSPS) is 17.3. The fourth-order valence-corrected chi connectivity index (χ4v) is 3.49. The molecule has 0 aromatic carbocycles. The van der Waals surface area contributed by atoms with Crippen molar-refractivity contribution < 1.29 is 9.53 Å². The molecule has 6 nitrogen and oxygen atoms in total. The van der Waals surface area contributed by atoms with E-state index in [9.17, 15) is 4.79 Å². The molecule has 6 heteroatoms. The van der Waals surface area contributed by atoms with Crippen LogP contribution in [0.1, 0.15) is 26.7 Å². The Morgan fingerprint density at radius 1 is 1.31 bits per heavy atom. The largest absolute Gasteiger partial charge is 0.469 e. The number of hydrogen-bond donors (Lipinski definition) is 1. The fraction of sp³-hybridized carbons (Fsp3) is 0.700. The summed E-state index contributed by atoms with van der Waals surface area (Å²) in [4.78, 5) is 20.7. The first kappa shape index (κ1) is 22.2. The Hall–Kier alpha value is -1.82. The molecule has 1 aliphatic heterocycles. The highest BCUT2D eigenvalue weighted by atomic mass is 16.5. The zero-order valence-corrected chi connectivity index (χ0v) is 16.9. The van der Waals surface area contributed by atoms with Gasteiger partial charge in [-0.05, 0) is 18.8 Å². The molecular weight excluding hydrogens is 328 g/mol. The summed E-state index contributed by atoms with van der Waals surface area (Å²) in [7, 11) is 3.27. The molecule has 1 fully saturated rings. The topological polar surface area (TPSA) is 57.2 Å². The summed E-state index contributed by atoms with van der Waals surface area (Å²) in [5, 5.41) is 3.53. The summed E-state index contributed by atoms with van der Waals surface area (Å²) in [6, 6.07) is 0.357. The maximum absolute atomic E-state index is 11.7. The number of rotatable bonds is 9. The van der Waals surface area contributed by atoms with Gasteiger partial charge in [-0.3, -0.25) is 14.7 Å². The van der Waals surface area contributed by atoms with Crippen LogP contribution in [-0.4, -0.2) is 74.7 Å². The molecule has 0 aromatic heterocycles. The average molecular weight is 365 g/mol. The second kappa shape index (κ2) is 11.7. The first-order chi connectivity index (χ1) is 12.5. The van der Waals surface area contributed by atoms with Gasteiger partial charge in [-0.2, -0.15) is 0 Å². The predicted octanol–water partition coefficient (Wildman–Crippen LogP) is 2.15. The van der Waals surface area contributed by atoms with E-state index in [0.717, 1.165) is 51.5 Å². The van der Waals surface area contributed by atoms with E-state index in [0.29, 0.717) is 12.0 Å². The van der Waals surface area contributed by atoms with Gasteiger partial charge in [-0.1, -0.05) is 26.0 Å². The van der Waals surface area contributed by atoms with Crippen LogP contribution in [0, 0.1) is 11.8 Å². The van der Waals surface area contributed by atoms with E-state index in [4.69, 9.17) is 4.74 Å². The number of aliphatic imine (C=N–C) groups is 1. The van der Waals surface area contributed by atoms with Crippen molar-refractivity contribution in [2.75, 3.05) is 46.9 Å². The molecule has 1 atom stereocenters. The van der Waals surface area contributed by atoms with Crippen LogP contribution in [-0.2, 0) is 9.53 Å². The molecule has 148 valence electrons. The maximum atomic E-state index is 11.7. The standard InChI is InChI=1S/C20H36N4O2/c1-7-11-23(12-8-2)18(16(3)4)15-22-20(21-5)24-13-9-17(10-14-24)19(25)26-6/h7-8,16-18H,1-2,9-15H2,3-6H3,(H,21,22). The van der Waals surface area contributed by atoms with Gasteiger partial charge in [0.2, 0.25) is 0 Å². The van der Waals surface area contributed by atoms with Crippen molar-refractivity contribution in [3.05, 3.63) is 25.3 Å². The lowest BCUT2D eigenvalue weighted by Crippen LogP contribution is -2.52. The number of nitrogens with one attached hydrogen (secondary N) is 1. The molecular formula is C20H36N4O2. The van der Waals surface area contributed by atoms with Gasteiger partial charge in [-0.25, -0.2) is 0 Å². The zero-order valence-electron chi connectivity index (χ0n) is 16.9. The van der Waals surface area contributed by atoms with Gasteiger partial charge >= 0.3 is 5.97 Å². The van der Waals surface area contributed by atoms with Crippen LogP contribution in [0.5, 0.6) is 0 Å². The minimum atomic E-state index is -0.100. The number of ether oxygens (including phenoxy) is 1. The minimum Gasteiger partial charge on any atom is -0.469 e. The molecule has 0 amide bonds. The van der Waals surface area contributed by atoms with Gasteiger partial charge in [-0.15, -0.1) is 13.2 Å². The van der Waals surface area contributed by atoms with Gasteiger partial charge in [0, 0.05) is 45.8 Å². The van der Waals surface area contributed by atoms with Crippen molar-refractivity contribution in [3.8, 4) is 0 Å². The highest BCUT2D eigenvalue weighted by Gasteiger charge is 2.28. The Labute approximate surface area is 159 Å². The summed E-state index contributed by atoms with van der Waals surface area (Å²) in [6.07, 6.45) is 5.48. The second-order valence-electron chi connectivity index (χ2n) is 7.06. The average Bonchev–Trinajstić information content (AvgIpc) is 2.64. The minimum absolute atomic E-state index is 0.00782. The molecule has 1 unspecified atom stereocenters. The first-order valence-corrected chi connectivity index (χ1v) is 9.47. The molecule has 0 radical (unpaired) electrons. The summed E-state index contributed by atoms with van der Waals surface area (Å²) in [5.41, 5.74) is 0. The van der Waals surface area contributed by atoms with E-state index >= 15 is 0 Å². The summed E-state index contributed by atoms with van der Waals surface area (Å²) in [5.74, 6) is 1.30. The van der Waals surface area contributed by atoms with Gasteiger partial charge < -0.3 is 15.0 Å². The number of likely N-dealkylation sites (tertiary alicyclic amines) is 1. The quantitative estimate of drug-likeness (QED) is 0.294. The van der Waals surface area contributed by atoms with Gasteiger partial charge in [0.15, 0.2) is 5.96 Å². The van der Waals surface area contributed by atoms with E-state index in [2.05, 4.69) is 47.1 Å². The third kappa shape index (κ3) is 6.48. The number of esters is 1. The number of piperidine rings is 1. The molecule has 0 aromatic rings. The molecule has 0 saturated carbocycles. The molecule has 0 bridgehead atoms. The predicted molar refractivity (Wildman–Crippen MR) is 108 cm³/mol. The van der Waals surface area contributed by atoms with Crippen molar-refractivity contribution in [1.29, 1.82) is 0 Å².